The van der Waals surface area contributed by atoms with Crippen LogP contribution < -0.4 is 11.1 Å². The van der Waals surface area contributed by atoms with Crippen molar-refractivity contribution in [2.75, 3.05) is 17.6 Å². The van der Waals surface area contributed by atoms with Crippen LogP contribution >= 0.6 is 11.6 Å². The standard InChI is InChI=1S/C14H14ClN5/c15-10-2-1-3-11(6-10)20-13(17)12(7-16)14(19-20)18-8-9-4-5-9/h1-3,6,9H,4-5,8,17H2,(H,18,19). The Kier molecular flexibility index (Phi) is 3.25. The maximum absolute atomic E-state index is 9.25. The van der Waals surface area contributed by atoms with Crippen molar-refractivity contribution in [3.8, 4) is 11.8 Å². The lowest BCUT2D eigenvalue weighted by atomic mass is 10.3. The van der Waals surface area contributed by atoms with Gasteiger partial charge in [-0.05, 0) is 37.0 Å². The summed E-state index contributed by atoms with van der Waals surface area (Å²) in [6.07, 6.45) is 2.47. The zero-order chi connectivity index (χ0) is 14.1. The van der Waals surface area contributed by atoms with Crippen LogP contribution in [0.4, 0.5) is 11.6 Å². The number of halogens is 1. The molecule has 20 heavy (non-hydrogen) atoms. The van der Waals surface area contributed by atoms with Crippen molar-refractivity contribution in [2.45, 2.75) is 12.8 Å². The first-order valence-corrected chi connectivity index (χ1v) is 6.85. The number of anilines is 2. The summed E-state index contributed by atoms with van der Waals surface area (Å²) >= 11 is 5.98. The van der Waals surface area contributed by atoms with Gasteiger partial charge in [-0.3, -0.25) is 0 Å². The number of aromatic nitrogens is 2. The zero-order valence-corrected chi connectivity index (χ0v) is 11.6. The molecule has 0 aliphatic heterocycles. The largest absolute Gasteiger partial charge is 0.382 e. The molecule has 1 heterocycles. The van der Waals surface area contributed by atoms with Gasteiger partial charge in [0.05, 0.1) is 5.69 Å². The molecular weight excluding hydrogens is 274 g/mol. The molecule has 6 heteroatoms. The highest BCUT2D eigenvalue weighted by molar-refractivity contribution is 6.30. The lowest BCUT2D eigenvalue weighted by molar-refractivity contribution is 0.855. The van der Waals surface area contributed by atoms with E-state index in [0.29, 0.717) is 28.1 Å². The summed E-state index contributed by atoms with van der Waals surface area (Å²) in [5.74, 6) is 1.56. The van der Waals surface area contributed by atoms with E-state index in [1.807, 2.05) is 12.1 Å². The fourth-order valence-corrected chi connectivity index (χ4v) is 2.22. The molecule has 2 aromatic rings. The van der Waals surface area contributed by atoms with Crippen molar-refractivity contribution in [3.05, 3.63) is 34.9 Å². The van der Waals surface area contributed by atoms with E-state index in [2.05, 4.69) is 16.5 Å². The van der Waals surface area contributed by atoms with Gasteiger partial charge >= 0.3 is 0 Å². The number of benzene rings is 1. The molecule has 0 bridgehead atoms. The zero-order valence-electron chi connectivity index (χ0n) is 10.8. The third kappa shape index (κ3) is 2.43. The smallest absolute Gasteiger partial charge is 0.168 e. The van der Waals surface area contributed by atoms with Crippen LogP contribution in [-0.4, -0.2) is 16.3 Å². The molecule has 3 N–H and O–H groups in total. The number of nitrogen functional groups attached to an aromatic ring is 1. The minimum absolute atomic E-state index is 0.327. The second-order valence-corrected chi connectivity index (χ2v) is 5.37. The Morgan fingerprint density at radius 2 is 2.30 bits per heavy atom. The monoisotopic (exact) mass is 287 g/mol. The van der Waals surface area contributed by atoms with E-state index in [-0.39, 0.29) is 0 Å². The minimum atomic E-state index is 0.327. The Balaban J connectivity index is 1.96. The summed E-state index contributed by atoms with van der Waals surface area (Å²) in [4.78, 5) is 0. The highest BCUT2D eigenvalue weighted by Crippen LogP contribution is 2.30. The summed E-state index contributed by atoms with van der Waals surface area (Å²) in [7, 11) is 0. The first-order valence-electron chi connectivity index (χ1n) is 6.47. The number of nitrogens with one attached hydrogen (secondary N) is 1. The molecule has 1 saturated carbocycles. The normalized spacial score (nSPS) is 14.0. The average Bonchev–Trinajstić information content (AvgIpc) is 3.20. The first-order chi connectivity index (χ1) is 9.69. The molecule has 5 nitrogen and oxygen atoms in total. The molecule has 1 fully saturated rings. The number of nitriles is 1. The third-order valence-electron chi connectivity index (χ3n) is 3.34. The topological polar surface area (TPSA) is 79.7 Å². The summed E-state index contributed by atoms with van der Waals surface area (Å²) in [6.45, 7) is 0.834. The highest BCUT2D eigenvalue weighted by Gasteiger charge is 2.23. The molecule has 1 aliphatic carbocycles. The number of hydrogen-bond donors (Lipinski definition) is 2. The van der Waals surface area contributed by atoms with E-state index in [4.69, 9.17) is 17.3 Å². The number of nitrogens with zero attached hydrogens (tertiary/aromatic N) is 3. The molecule has 0 saturated heterocycles. The highest BCUT2D eigenvalue weighted by atomic mass is 35.5. The van der Waals surface area contributed by atoms with Gasteiger partial charge in [-0.2, -0.15) is 5.26 Å². The molecule has 0 radical (unpaired) electrons. The average molecular weight is 288 g/mol. The van der Waals surface area contributed by atoms with Crippen molar-refractivity contribution in [1.82, 2.24) is 9.78 Å². The Hall–Kier alpha value is -2.19. The molecular formula is C14H14ClN5. The van der Waals surface area contributed by atoms with Crippen LogP contribution in [0.2, 0.25) is 5.02 Å². The fourth-order valence-electron chi connectivity index (χ4n) is 2.03. The SMILES string of the molecule is N#Cc1c(NCC2CC2)nn(-c2cccc(Cl)c2)c1N. The van der Waals surface area contributed by atoms with Gasteiger partial charge in [0.15, 0.2) is 5.82 Å². The number of nitrogens with two attached hydrogens (primary N) is 1. The third-order valence-corrected chi connectivity index (χ3v) is 3.58. The van der Waals surface area contributed by atoms with Crippen LogP contribution in [0.5, 0.6) is 0 Å². The van der Waals surface area contributed by atoms with E-state index >= 15 is 0 Å². The van der Waals surface area contributed by atoms with Gasteiger partial charge in [0, 0.05) is 11.6 Å². The van der Waals surface area contributed by atoms with E-state index in [0.717, 1.165) is 12.2 Å². The lowest BCUT2D eigenvalue weighted by Gasteiger charge is -2.03. The second kappa shape index (κ2) is 5.06. The van der Waals surface area contributed by atoms with Crippen molar-refractivity contribution >= 4 is 23.2 Å². The Morgan fingerprint density at radius 1 is 1.50 bits per heavy atom. The van der Waals surface area contributed by atoms with Crippen LogP contribution in [-0.2, 0) is 0 Å². The Labute approximate surface area is 122 Å². The lowest BCUT2D eigenvalue weighted by Crippen LogP contribution is -2.05. The van der Waals surface area contributed by atoms with E-state index in [1.54, 1.807) is 16.8 Å². The van der Waals surface area contributed by atoms with Crippen LogP contribution in [0.25, 0.3) is 5.69 Å². The van der Waals surface area contributed by atoms with E-state index in [1.165, 1.54) is 12.8 Å². The van der Waals surface area contributed by atoms with Gasteiger partial charge in [0.2, 0.25) is 0 Å². The van der Waals surface area contributed by atoms with E-state index in [9.17, 15) is 5.26 Å². The summed E-state index contributed by atoms with van der Waals surface area (Å²) < 4.78 is 1.54. The molecule has 0 amide bonds. The Bertz CT molecular complexity index is 681. The van der Waals surface area contributed by atoms with Gasteiger partial charge < -0.3 is 11.1 Å². The quantitative estimate of drug-likeness (QED) is 0.906. The number of hydrogen-bond acceptors (Lipinski definition) is 4. The van der Waals surface area contributed by atoms with E-state index < -0.39 is 0 Å². The molecule has 0 unspecified atom stereocenters. The maximum Gasteiger partial charge on any atom is 0.168 e. The van der Waals surface area contributed by atoms with Crippen molar-refractivity contribution in [2.24, 2.45) is 5.92 Å². The van der Waals surface area contributed by atoms with Crippen molar-refractivity contribution in [3.63, 3.8) is 0 Å². The Morgan fingerprint density at radius 3 is 2.95 bits per heavy atom. The summed E-state index contributed by atoms with van der Waals surface area (Å²) in [6, 6.07) is 9.32. The van der Waals surface area contributed by atoms with Gasteiger partial charge in [0.25, 0.3) is 0 Å². The summed E-state index contributed by atoms with van der Waals surface area (Å²) in [5.41, 5.74) is 7.14. The summed E-state index contributed by atoms with van der Waals surface area (Å²) in [5, 5.41) is 17.4. The van der Waals surface area contributed by atoms with Crippen LogP contribution in [0.15, 0.2) is 24.3 Å². The predicted octanol–water partition coefficient (Wildman–Crippen LogP) is 2.80. The fraction of sp³-hybridized carbons (Fsp3) is 0.286. The van der Waals surface area contributed by atoms with Gasteiger partial charge in [-0.25, -0.2) is 4.68 Å². The predicted molar refractivity (Wildman–Crippen MR) is 78.9 cm³/mol. The first kappa shape index (κ1) is 12.8. The van der Waals surface area contributed by atoms with Crippen LogP contribution in [0, 0.1) is 17.2 Å². The van der Waals surface area contributed by atoms with Gasteiger partial charge in [-0.1, -0.05) is 17.7 Å². The molecule has 1 aliphatic rings. The molecule has 0 atom stereocenters. The van der Waals surface area contributed by atoms with Crippen LogP contribution in [0.1, 0.15) is 18.4 Å². The molecule has 0 spiro atoms. The molecule has 1 aromatic heterocycles. The van der Waals surface area contributed by atoms with Gasteiger partial charge in [0.1, 0.15) is 17.5 Å². The van der Waals surface area contributed by atoms with Crippen molar-refractivity contribution in [1.29, 1.82) is 5.26 Å². The number of rotatable bonds is 4. The maximum atomic E-state index is 9.25. The molecule has 1 aromatic carbocycles. The second-order valence-electron chi connectivity index (χ2n) is 4.94. The van der Waals surface area contributed by atoms with Crippen LogP contribution in [0.3, 0.4) is 0 Å². The van der Waals surface area contributed by atoms with Gasteiger partial charge in [-0.15, -0.1) is 5.10 Å². The minimum Gasteiger partial charge on any atom is -0.382 e. The van der Waals surface area contributed by atoms with Crippen molar-refractivity contribution < 1.29 is 0 Å². The molecule has 3 rings (SSSR count). The molecule has 102 valence electrons.